The van der Waals surface area contributed by atoms with Crippen molar-refractivity contribution >= 4 is 22.8 Å². The van der Waals surface area contributed by atoms with Crippen LogP contribution in [0.1, 0.15) is 16.1 Å². The highest BCUT2D eigenvalue weighted by Gasteiger charge is 2.29. The number of pyridine rings is 1. The fraction of sp³-hybridized carbons (Fsp3) is 0.0476. The standard InChI is InChI=1S/C21H15N3O5/c1-28-16-9-7-15(8-10-16)24-19(21(27)29-23-24)18(25)11-6-14-12-13-4-2-3-5-17(13)22-20(14)26/h2-12H,1H3,(H-,22,23,25,26,27)/p+1. The number of ketones is 1. The summed E-state index contributed by atoms with van der Waals surface area (Å²) in [5.41, 5.74) is 0.137. The molecule has 0 aliphatic carbocycles. The van der Waals surface area contributed by atoms with Crippen molar-refractivity contribution in [3.8, 4) is 11.4 Å². The van der Waals surface area contributed by atoms with Gasteiger partial charge in [0.1, 0.15) is 5.75 Å². The summed E-state index contributed by atoms with van der Waals surface area (Å²) in [5, 5.41) is 3.24. The smallest absolute Gasteiger partial charge is 0.439 e. The van der Waals surface area contributed by atoms with Crippen LogP contribution in [0.15, 0.2) is 74.8 Å². The van der Waals surface area contributed by atoms with Crippen molar-refractivity contribution in [1.82, 2.24) is 10.3 Å². The number of aromatic amines is 2. The molecule has 2 heterocycles. The Bertz CT molecular complexity index is 1340. The minimum Gasteiger partial charge on any atom is -0.497 e. The van der Waals surface area contributed by atoms with Crippen LogP contribution in [-0.4, -0.2) is 23.1 Å². The number of nitrogens with one attached hydrogen (secondary N) is 2. The summed E-state index contributed by atoms with van der Waals surface area (Å²) in [6.45, 7) is 0. The maximum absolute atomic E-state index is 12.7. The molecule has 144 valence electrons. The first-order valence-electron chi connectivity index (χ1n) is 8.69. The van der Waals surface area contributed by atoms with Crippen LogP contribution in [0.4, 0.5) is 0 Å². The van der Waals surface area contributed by atoms with Crippen molar-refractivity contribution in [3.05, 3.63) is 92.7 Å². The fourth-order valence-corrected chi connectivity index (χ4v) is 2.93. The molecule has 0 saturated carbocycles. The second kappa shape index (κ2) is 7.43. The van der Waals surface area contributed by atoms with Crippen molar-refractivity contribution in [2.45, 2.75) is 0 Å². The summed E-state index contributed by atoms with van der Waals surface area (Å²) in [6.07, 6.45) is 2.54. The lowest BCUT2D eigenvalue weighted by Crippen LogP contribution is -2.40. The Balaban J connectivity index is 1.69. The molecular formula is C21H16N3O5+. The van der Waals surface area contributed by atoms with Crippen LogP contribution in [0, 0.1) is 0 Å². The van der Waals surface area contributed by atoms with Crippen LogP contribution >= 0.6 is 0 Å². The number of para-hydroxylation sites is 1. The Morgan fingerprint density at radius 3 is 2.62 bits per heavy atom. The van der Waals surface area contributed by atoms with Crippen molar-refractivity contribution in [1.29, 1.82) is 0 Å². The molecule has 0 aliphatic heterocycles. The van der Waals surface area contributed by atoms with Crippen LogP contribution in [0.3, 0.4) is 0 Å². The molecule has 0 fully saturated rings. The highest BCUT2D eigenvalue weighted by atomic mass is 16.5. The van der Waals surface area contributed by atoms with Gasteiger partial charge in [0, 0.05) is 23.2 Å². The lowest BCUT2D eigenvalue weighted by Gasteiger charge is -1.99. The summed E-state index contributed by atoms with van der Waals surface area (Å²) < 4.78 is 11.1. The highest BCUT2D eigenvalue weighted by molar-refractivity contribution is 6.04. The van der Waals surface area contributed by atoms with E-state index in [9.17, 15) is 14.4 Å². The summed E-state index contributed by atoms with van der Waals surface area (Å²) >= 11 is 0. The molecule has 2 aromatic heterocycles. The molecule has 0 spiro atoms. The Hall–Kier alpha value is -4.20. The predicted octanol–water partition coefficient (Wildman–Crippen LogP) is 1.99. The first-order valence-corrected chi connectivity index (χ1v) is 8.69. The molecule has 29 heavy (non-hydrogen) atoms. The van der Waals surface area contributed by atoms with Crippen LogP contribution in [-0.2, 0) is 0 Å². The van der Waals surface area contributed by atoms with Gasteiger partial charge in [-0.3, -0.25) is 14.1 Å². The molecule has 2 aromatic carbocycles. The van der Waals surface area contributed by atoms with Gasteiger partial charge in [-0.25, -0.2) is 4.79 Å². The van der Waals surface area contributed by atoms with Crippen molar-refractivity contribution in [3.63, 3.8) is 0 Å². The molecular weight excluding hydrogens is 374 g/mol. The SMILES string of the molecule is COc1ccc(-[n+]2[nH]oc(=O)c2C(=O)/C=C/c2cc3ccccc3[nH]c2=O)cc1. The lowest BCUT2D eigenvalue weighted by atomic mass is 10.1. The molecule has 0 radical (unpaired) electrons. The van der Waals surface area contributed by atoms with E-state index in [0.29, 0.717) is 22.5 Å². The van der Waals surface area contributed by atoms with Gasteiger partial charge in [-0.1, -0.05) is 18.2 Å². The Morgan fingerprint density at radius 1 is 1.10 bits per heavy atom. The zero-order valence-corrected chi connectivity index (χ0v) is 15.3. The van der Waals surface area contributed by atoms with E-state index < -0.39 is 11.4 Å². The quantitative estimate of drug-likeness (QED) is 0.308. The van der Waals surface area contributed by atoms with E-state index in [2.05, 4.69) is 10.3 Å². The van der Waals surface area contributed by atoms with Gasteiger partial charge in [-0.2, -0.15) is 0 Å². The maximum Gasteiger partial charge on any atom is 0.439 e. The number of nitrogens with zero attached hydrogens (tertiary/aromatic N) is 1. The molecule has 0 bridgehead atoms. The number of carbonyl (C=O) groups excluding carboxylic acids is 1. The number of hydrogen-bond donors (Lipinski definition) is 2. The van der Waals surface area contributed by atoms with E-state index in [0.717, 1.165) is 5.39 Å². The third-order valence-electron chi connectivity index (χ3n) is 4.41. The second-order valence-corrected chi connectivity index (χ2v) is 6.20. The molecule has 0 atom stereocenters. The minimum atomic E-state index is -0.817. The van der Waals surface area contributed by atoms with E-state index >= 15 is 0 Å². The molecule has 0 aliphatic rings. The summed E-state index contributed by atoms with van der Waals surface area (Å²) in [6, 6.07) is 15.7. The van der Waals surface area contributed by atoms with Gasteiger partial charge >= 0.3 is 11.3 Å². The van der Waals surface area contributed by atoms with Crippen LogP contribution < -0.4 is 20.6 Å². The summed E-state index contributed by atoms with van der Waals surface area (Å²) in [7, 11) is 1.54. The van der Waals surface area contributed by atoms with E-state index in [4.69, 9.17) is 9.26 Å². The number of carbonyl (C=O) groups is 1. The highest BCUT2D eigenvalue weighted by Crippen LogP contribution is 2.12. The number of rotatable bonds is 5. The van der Waals surface area contributed by atoms with Gasteiger partial charge in [0.15, 0.2) is 0 Å². The van der Waals surface area contributed by atoms with Gasteiger partial charge in [-0.05, 0) is 51.8 Å². The summed E-state index contributed by atoms with van der Waals surface area (Å²) in [5.74, 6) is 0.0203. The number of hydrogen-bond acceptors (Lipinski definition) is 5. The molecule has 0 unspecified atom stereocenters. The minimum absolute atomic E-state index is 0.219. The fourth-order valence-electron chi connectivity index (χ4n) is 2.93. The monoisotopic (exact) mass is 390 g/mol. The zero-order valence-electron chi connectivity index (χ0n) is 15.3. The average Bonchev–Trinajstić information content (AvgIpc) is 3.13. The Labute approximate surface area is 163 Å². The third-order valence-corrected chi connectivity index (χ3v) is 4.41. The molecule has 2 N–H and O–H groups in total. The number of benzene rings is 2. The summed E-state index contributed by atoms with van der Waals surface area (Å²) in [4.78, 5) is 39.7. The zero-order chi connectivity index (χ0) is 20.4. The van der Waals surface area contributed by atoms with E-state index in [1.165, 1.54) is 23.9 Å². The lowest BCUT2D eigenvalue weighted by molar-refractivity contribution is -0.672. The van der Waals surface area contributed by atoms with Gasteiger partial charge in [-0.15, -0.1) is 0 Å². The first kappa shape index (κ1) is 18.2. The largest absolute Gasteiger partial charge is 0.497 e. The molecule has 8 nitrogen and oxygen atoms in total. The van der Waals surface area contributed by atoms with Gasteiger partial charge in [0.05, 0.1) is 7.11 Å². The van der Waals surface area contributed by atoms with E-state index in [-0.39, 0.29) is 11.3 Å². The average molecular weight is 390 g/mol. The van der Waals surface area contributed by atoms with Crippen LogP contribution in [0.5, 0.6) is 5.75 Å². The number of allylic oxidation sites excluding steroid dienone is 1. The third kappa shape index (κ3) is 3.51. The van der Waals surface area contributed by atoms with E-state index in [1.807, 2.05) is 18.2 Å². The predicted molar refractivity (Wildman–Crippen MR) is 105 cm³/mol. The molecule has 8 heteroatoms. The molecule has 0 saturated heterocycles. The second-order valence-electron chi connectivity index (χ2n) is 6.20. The molecule has 0 amide bonds. The Morgan fingerprint density at radius 2 is 1.86 bits per heavy atom. The topological polar surface area (TPSA) is 109 Å². The molecule has 4 aromatic rings. The van der Waals surface area contributed by atoms with Crippen LogP contribution in [0.25, 0.3) is 22.7 Å². The normalized spacial score (nSPS) is 11.2. The van der Waals surface area contributed by atoms with Gasteiger partial charge in [0.25, 0.3) is 11.3 Å². The van der Waals surface area contributed by atoms with E-state index in [1.54, 1.807) is 36.4 Å². The maximum atomic E-state index is 12.7. The van der Waals surface area contributed by atoms with Gasteiger partial charge in [0.2, 0.25) is 5.69 Å². The number of fused-ring (bicyclic) bond motifs is 1. The van der Waals surface area contributed by atoms with Crippen molar-refractivity contribution < 1.29 is 18.7 Å². The Kier molecular flexibility index (Phi) is 4.66. The molecule has 4 rings (SSSR count). The van der Waals surface area contributed by atoms with Crippen molar-refractivity contribution in [2.75, 3.05) is 7.11 Å². The number of aromatic nitrogens is 3. The number of H-pyrrole nitrogens is 2. The first-order chi connectivity index (χ1) is 14.1. The van der Waals surface area contributed by atoms with Gasteiger partial charge < -0.3 is 9.72 Å². The van der Waals surface area contributed by atoms with Crippen LogP contribution in [0.2, 0.25) is 0 Å². The number of methoxy groups -OCH3 is 1. The van der Waals surface area contributed by atoms with Crippen molar-refractivity contribution in [2.24, 2.45) is 0 Å². The number of ether oxygens (including phenoxy) is 1.